The van der Waals surface area contributed by atoms with Crippen molar-refractivity contribution in [1.29, 1.82) is 0 Å². The van der Waals surface area contributed by atoms with Crippen LogP contribution in [0.25, 0.3) is 16.7 Å². The second-order valence-corrected chi connectivity index (χ2v) is 5.62. The SMILES string of the molecule is O=C(NCCn1nc(-n2cncn2)ccc1=O)c1cc2ccccc2[nH]1. The zero-order valence-corrected chi connectivity index (χ0v) is 13.7. The molecular weight excluding hydrogens is 334 g/mol. The van der Waals surface area contributed by atoms with Gasteiger partial charge in [-0.1, -0.05) is 18.2 Å². The Hall–Kier alpha value is -3.75. The monoisotopic (exact) mass is 349 g/mol. The Bertz CT molecular complexity index is 1080. The molecule has 130 valence electrons. The quantitative estimate of drug-likeness (QED) is 0.552. The van der Waals surface area contributed by atoms with E-state index in [2.05, 4.69) is 25.5 Å². The summed E-state index contributed by atoms with van der Waals surface area (Å²) in [6, 6.07) is 12.4. The molecule has 4 rings (SSSR count). The van der Waals surface area contributed by atoms with E-state index in [4.69, 9.17) is 0 Å². The maximum Gasteiger partial charge on any atom is 0.267 e. The molecule has 0 saturated carbocycles. The molecule has 1 aromatic carbocycles. The van der Waals surface area contributed by atoms with Crippen molar-refractivity contribution >= 4 is 16.8 Å². The van der Waals surface area contributed by atoms with Gasteiger partial charge in [-0.3, -0.25) is 9.59 Å². The number of aromatic nitrogens is 6. The average Bonchev–Trinajstić information content (AvgIpc) is 3.32. The van der Waals surface area contributed by atoms with E-state index in [0.717, 1.165) is 10.9 Å². The number of rotatable bonds is 5. The molecule has 26 heavy (non-hydrogen) atoms. The van der Waals surface area contributed by atoms with E-state index in [-0.39, 0.29) is 24.6 Å². The van der Waals surface area contributed by atoms with Crippen molar-refractivity contribution in [2.24, 2.45) is 0 Å². The van der Waals surface area contributed by atoms with Gasteiger partial charge in [-0.15, -0.1) is 5.10 Å². The second-order valence-electron chi connectivity index (χ2n) is 5.62. The first-order valence-corrected chi connectivity index (χ1v) is 8.00. The van der Waals surface area contributed by atoms with Gasteiger partial charge >= 0.3 is 0 Å². The van der Waals surface area contributed by atoms with Gasteiger partial charge in [-0.2, -0.15) is 5.10 Å². The molecule has 0 fully saturated rings. The maximum absolute atomic E-state index is 12.3. The number of hydrogen-bond donors (Lipinski definition) is 2. The summed E-state index contributed by atoms with van der Waals surface area (Å²) in [6.45, 7) is 0.509. The number of carbonyl (C=O) groups excluding carboxylic acids is 1. The van der Waals surface area contributed by atoms with Crippen molar-refractivity contribution in [2.45, 2.75) is 6.54 Å². The Kier molecular flexibility index (Phi) is 4.02. The molecule has 0 saturated heterocycles. The van der Waals surface area contributed by atoms with Gasteiger partial charge in [-0.25, -0.2) is 14.3 Å². The van der Waals surface area contributed by atoms with Crippen LogP contribution in [0.3, 0.4) is 0 Å². The summed E-state index contributed by atoms with van der Waals surface area (Å²) in [4.78, 5) is 31.1. The first kappa shape index (κ1) is 15.8. The molecule has 4 aromatic rings. The fourth-order valence-corrected chi connectivity index (χ4v) is 2.61. The lowest BCUT2D eigenvalue weighted by Gasteiger charge is -2.07. The van der Waals surface area contributed by atoms with Crippen molar-refractivity contribution in [2.75, 3.05) is 6.54 Å². The van der Waals surface area contributed by atoms with Crippen molar-refractivity contribution in [1.82, 2.24) is 34.8 Å². The molecule has 1 amide bonds. The van der Waals surface area contributed by atoms with Gasteiger partial charge in [0, 0.05) is 23.5 Å². The summed E-state index contributed by atoms with van der Waals surface area (Å²) in [5, 5.41) is 12.0. The van der Waals surface area contributed by atoms with E-state index in [0.29, 0.717) is 11.5 Å². The second kappa shape index (κ2) is 6.63. The van der Waals surface area contributed by atoms with Gasteiger partial charge < -0.3 is 10.3 Å². The van der Waals surface area contributed by atoms with Gasteiger partial charge in [0.25, 0.3) is 11.5 Å². The summed E-state index contributed by atoms with van der Waals surface area (Å²) >= 11 is 0. The number of nitrogens with one attached hydrogen (secondary N) is 2. The van der Waals surface area contributed by atoms with E-state index in [1.165, 1.54) is 28.1 Å². The number of fused-ring (bicyclic) bond motifs is 1. The highest BCUT2D eigenvalue weighted by atomic mass is 16.2. The fourth-order valence-electron chi connectivity index (χ4n) is 2.61. The molecule has 0 bridgehead atoms. The van der Waals surface area contributed by atoms with E-state index in [1.807, 2.05) is 24.3 Å². The lowest BCUT2D eigenvalue weighted by Crippen LogP contribution is -2.32. The van der Waals surface area contributed by atoms with E-state index in [1.54, 1.807) is 12.1 Å². The van der Waals surface area contributed by atoms with Crippen molar-refractivity contribution in [3.63, 3.8) is 0 Å². The van der Waals surface area contributed by atoms with E-state index < -0.39 is 0 Å². The van der Waals surface area contributed by atoms with Gasteiger partial charge in [0.1, 0.15) is 18.3 Å². The zero-order chi connectivity index (χ0) is 17.9. The zero-order valence-electron chi connectivity index (χ0n) is 13.7. The minimum atomic E-state index is -0.256. The molecule has 9 nitrogen and oxygen atoms in total. The van der Waals surface area contributed by atoms with Gasteiger partial charge in [0.15, 0.2) is 5.82 Å². The molecule has 3 aromatic heterocycles. The molecule has 0 aliphatic rings. The minimum Gasteiger partial charge on any atom is -0.351 e. The lowest BCUT2D eigenvalue weighted by atomic mass is 10.2. The lowest BCUT2D eigenvalue weighted by molar-refractivity contribution is 0.0947. The van der Waals surface area contributed by atoms with Crippen LogP contribution < -0.4 is 10.9 Å². The molecule has 3 heterocycles. The summed E-state index contributed by atoms with van der Waals surface area (Å²) in [7, 11) is 0. The van der Waals surface area contributed by atoms with Crippen LogP contribution >= 0.6 is 0 Å². The van der Waals surface area contributed by atoms with Gasteiger partial charge in [0.05, 0.1) is 6.54 Å². The summed E-state index contributed by atoms with van der Waals surface area (Å²) in [5.41, 5.74) is 1.12. The predicted octanol–water partition coefficient (Wildman–Crippen LogP) is 0.735. The number of benzene rings is 1. The highest BCUT2D eigenvalue weighted by Gasteiger charge is 2.09. The third-order valence-corrected chi connectivity index (χ3v) is 3.89. The highest BCUT2D eigenvalue weighted by Crippen LogP contribution is 2.14. The normalized spacial score (nSPS) is 10.9. The van der Waals surface area contributed by atoms with Crippen LogP contribution in [0.5, 0.6) is 0 Å². The average molecular weight is 349 g/mol. The minimum absolute atomic E-state index is 0.235. The van der Waals surface area contributed by atoms with Crippen molar-refractivity contribution in [3.8, 4) is 5.82 Å². The van der Waals surface area contributed by atoms with Gasteiger partial charge in [-0.05, 0) is 18.2 Å². The Labute approximate surface area is 147 Å². The van der Waals surface area contributed by atoms with Crippen molar-refractivity contribution in [3.05, 3.63) is 71.2 Å². The highest BCUT2D eigenvalue weighted by molar-refractivity contribution is 5.97. The Morgan fingerprint density at radius 1 is 1.19 bits per heavy atom. The molecule has 0 aliphatic heterocycles. The largest absolute Gasteiger partial charge is 0.351 e. The van der Waals surface area contributed by atoms with E-state index >= 15 is 0 Å². The Morgan fingerprint density at radius 3 is 2.88 bits per heavy atom. The van der Waals surface area contributed by atoms with Crippen LogP contribution in [0.1, 0.15) is 10.5 Å². The first-order chi connectivity index (χ1) is 12.7. The van der Waals surface area contributed by atoms with Crippen LogP contribution in [0.4, 0.5) is 0 Å². The number of nitrogens with zero attached hydrogens (tertiary/aromatic N) is 5. The third-order valence-electron chi connectivity index (χ3n) is 3.89. The summed E-state index contributed by atoms with van der Waals surface area (Å²) in [6.07, 6.45) is 2.88. The number of amides is 1. The maximum atomic E-state index is 12.3. The first-order valence-electron chi connectivity index (χ1n) is 8.00. The molecule has 0 aliphatic carbocycles. The molecule has 0 atom stereocenters. The fraction of sp³-hybridized carbons (Fsp3) is 0.118. The van der Waals surface area contributed by atoms with Crippen LogP contribution in [-0.2, 0) is 6.54 Å². The van der Waals surface area contributed by atoms with Crippen LogP contribution in [0, 0.1) is 0 Å². The third kappa shape index (κ3) is 3.09. The van der Waals surface area contributed by atoms with Crippen LogP contribution in [0.15, 0.2) is 59.9 Å². The molecular formula is C17H15N7O2. The number of H-pyrrole nitrogens is 1. The van der Waals surface area contributed by atoms with Gasteiger partial charge in [0.2, 0.25) is 0 Å². The standard InChI is InChI=1S/C17H15N7O2/c25-16-6-5-15(24-11-18-10-20-24)22-23(16)8-7-19-17(26)14-9-12-3-1-2-4-13(12)21-14/h1-6,9-11,21H,7-8H2,(H,19,26). The molecule has 0 radical (unpaired) electrons. The predicted molar refractivity (Wildman–Crippen MR) is 94.0 cm³/mol. The Balaban J connectivity index is 1.43. The molecule has 0 unspecified atom stereocenters. The molecule has 9 heteroatoms. The van der Waals surface area contributed by atoms with Crippen LogP contribution in [-0.4, -0.2) is 42.0 Å². The van der Waals surface area contributed by atoms with Crippen LogP contribution in [0.2, 0.25) is 0 Å². The smallest absolute Gasteiger partial charge is 0.267 e. The summed E-state index contributed by atoms with van der Waals surface area (Å²) < 4.78 is 2.74. The Morgan fingerprint density at radius 2 is 2.08 bits per heavy atom. The number of carbonyl (C=O) groups is 1. The van der Waals surface area contributed by atoms with E-state index in [9.17, 15) is 9.59 Å². The number of para-hydroxylation sites is 1. The topological polar surface area (TPSA) is 110 Å². The molecule has 2 N–H and O–H groups in total. The number of aromatic amines is 1. The van der Waals surface area contributed by atoms with Crippen molar-refractivity contribution < 1.29 is 4.79 Å². The molecule has 0 spiro atoms. The summed E-state index contributed by atoms with van der Waals surface area (Å²) in [5.74, 6) is 0.241. The number of hydrogen-bond acceptors (Lipinski definition) is 5.